The van der Waals surface area contributed by atoms with Crippen LogP contribution in [0.1, 0.15) is 46.0 Å². The summed E-state index contributed by atoms with van der Waals surface area (Å²) >= 11 is 0. The van der Waals surface area contributed by atoms with Crippen LogP contribution < -0.4 is 0 Å². The predicted octanol–water partition coefficient (Wildman–Crippen LogP) is 2.20. The van der Waals surface area contributed by atoms with E-state index in [0.29, 0.717) is 6.42 Å². The van der Waals surface area contributed by atoms with E-state index in [1.807, 2.05) is 4.90 Å². The lowest BCUT2D eigenvalue weighted by Gasteiger charge is -2.22. The second kappa shape index (κ2) is 6.83. The molecule has 1 amide bonds. The summed E-state index contributed by atoms with van der Waals surface area (Å²) in [6, 6.07) is 0. The van der Waals surface area contributed by atoms with E-state index in [-0.39, 0.29) is 12.0 Å². The van der Waals surface area contributed by atoms with Crippen LogP contribution in [0.25, 0.3) is 0 Å². The Hall–Kier alpha value is -0.570. The topological polar surface area (TPSA) is 29.5 Å². The molecule has 1 saturated heterocycles. The molecule has 1 aliphatic heterocycles. The summed E-state index contributed by atoms with van der Waals surface area (Å²) in [6.45, 7) is 6.84. The molecule has 1 unspecified atom stereocenters. The lowest BCUT2D eigenvalue weighted by atomic mass is 10.1. The fourth-order valence-corrected chi connectivity index (χ4v) is 2.03. The molecule has 0 bridgehead atoms. The highest BCUT2D eigenvalue weighted by atomic mass is 16.5. The van der Waals surface area contributed by atoms with Crippen molar-refractivity contribution in [2.24, 2.45) is 0 Å². The van der Waals surface area contributed by atoms with Crippen LogP contribution in [0, 0.1) is 0 Å². The largest absolute Gasteiger partial charge is 0.378 e. The number of rotatable bonds is 6. The minimum atomic E-state index is 0.189. The standard InChI is InChI=1S/C12H23NO2/c1-3-7-13(8-4-2)12(14)10-11-6-5-9-15-11/h11H,3-10H2,1-2H3. The summed E-state index contributed by atoms with van der Waals surface area (Å²) in [5.74, 6) is 0.269. The molecule has 1 fully saturated rings. The van der Waals surface area contributed by atoms with Crippen LogP contribution in [0.2, 0.25) is 0 Å². The molecule has 0 aliphatic carbocycles. The molecule has 1 atom stereocenters. The van der Waals surface area contributed by atoms with Gasteiger partial charge in [0.2, 0.25) is 5.91 Å². The molecule has 88 valence electrons. The first-order valence-corrected chi connectivity index (χ1v) is 6.17. The molecule has 3 heteroatoms. The Labute approximate surface area is 92.8 Å². The molecule has 0 N–H and O–H groups in total. The van der Waals surface area contributed by atoms with Crippen LogP contribution in [-0.2, 0) is 9.53 Å². The highest BCUT2D eigenvalue weighted by Crippen LogP contribution is 2.16. The van der Waals surface area contributed by atoms with Crippen molar-refractivity contribution in [3.05, 3.63) is 0 Å². The Bertz CT molecular complexity index is 182. The fourth-order valence-electron chi connectivity index (χ4n) is 2.03. The molecular weight excluding hydrogens is 190 g/mol. The second-order valence-corrected chi connectivity index (χ2v) is 4.22. The second-order valence-electron chi connectivity index (χ2n) is 4.22. The number of hydrogen-bond acceptors (Lipinski definition) is 2. The van der Waals surface area contributed by atoms with Crippen molar-refractivity contribution < 1.29 is 9.53 Å². The molecule has 1 heterocycles. The molecule has 0 aromatic rings. The number of nitrogens with zero attached hydrogens (tertiary/aromatic N) is 1. The lowest BCUT2D eigenvalue weighted by molar-refractivity contribution is -0.133. The van der Waals surface area contributed by atoms with Gasteiger partial charge in [-0.3, -0.25) is 4.79 Å². The average Bonchev–Trinajstić information content (AvgIpc) is 2.70. The van der Waals surface area contributed by atoms with E-state index in [9.17, 15) is 4.79 Å². The van der Waals surface area contributed by atoms with Gasteiger partial charge in [-0.15, -0.1) is 0 Å². The van der Waals surface area contributed by atoms with E-state index in [2.05, 4.69) is 13.8 Å². The van der Waals surface area contributed by atoms with Gasteiger partial charge >= 0.3 is 0 Å². The fraction of sp³-hybridized carbons (Fsp3) is 0.917. The Balaban J connectivity index is 2.33. The minimum Gasteiger partial charge on any atom is -0.378 e. The summed E-state index contributed by atoms with van der Waals surface area (Å²) in [5, 5.41) is 0. The monoisotopic (exact) mass is 213 g/mol. The van der Waals surface area contributed by atoms with Gasteiger partial charge in [0.1, 0.15) is 0 Å². The number of carbonyl (C=O) groups excluding carboxylic acids is 1. The molecule has 3 nitrogen and oxygen atoms in total. The van der Waals surface area contributed by atoms with Crippen molar-refractivity contribution in [2.45, 2.75) is 52.1 Å². The highest BCUT2D eigenvalue weighted by molar-refractivity contribution is 5.76. The van der Waals surface area contributed by atoms with E-state index in [0.717, 1.165) is 45.4 Å². The van der Waals surface area contributed by atoms with Gasteiger partial charge in [-0.05, 0) is 25.7 Å². The smallest absolute Gasteiger partial charge is 0.225 e. The normalized spacial score (nSPS) is 20.5. The third kappa shape index (κ3) is 4.20. The van der Waals surface area contributed by atoms with Crippen molar-refractivity contribution in [1.29, 1.82) is 0 Å². The maximum absolute atomic E-state index is 11.9. The van der Waals surface area contributed by atoms with Gasteiger partial charge in [-0.25, -0.2) is 0 Å². The minimum absolute atomic E-state index is 0.189. The summed E-state index contributed by atoms with van der Waals surface area (Å²) < 4.78 is 5.48. The van der Waals surface area contributed by atoms with Gasteiger partial charge in [0.05, 0.1) is 12.5 Å². The Kier molecular flexibility index (Phi) is 5.69. The predicted molar refractivity (Wildman–Crippen MR) is 60.8 cm³/mol. The Morgan fingerprint density at radius 2 is 2.00 bits per heavy atom. The van der Waals surface area contributed by atoms with Gasteiger partial charge in [0, 0.05) is 19.7 Å². The summed E-state index contributed by atoms with van der Waals surface area (Å²) in [7, 11) is 0. The quantitative estimate of drug-likeness (QED) is 0.677. The molecule has 1 rings (SSSR count). The third-order valence-electron chi connectivity index (χ3n) is 2.77. The van der Waals surface area contributed by atoms with Crippen LogP contribution >= 0.6 is 0 Å². The van der Waals surface area contributed by atoms with E-state index in [1.54, 1.807) is 0 Å². The SMILES string of the molecule is CCCN(CCC)C(=O)CC1CCCO1. The lowest BCUT2D eigenvalue weighted by Crippen LogP contribution is -2.34. The number of amides is 1. The van der Waals surface area contributed by atoms with Crippen molar-refractivity contribution >= 4 is 5.91 Å². The van der Waals surface area contributed by atoms with Gasteiger partial charge in [-0.2, -0.15) is 0 Å². The molecule has 0 radical (unpaired) electrons. The first kappa shape index (κ1) is 12.5. The van der Waals surface area contributed by atoms with Gasteiger partial charge < -0.3 is 9.64 Å². The van der Waals surface area contributed by atoms with Crippen LogP contribution in [-0.4, -0.2) is 36.6 Å². The maximum Gasteiger partial charge on any atom is 0.225 e. The first-order chi connectivity index (χ1) is 7.27. The average molecular weight is 213 g/mol. The zero-order chi connectivity index (χ0) is 11.1. The zero-order valence-corrected chi connectivity index (χ0v) is 10.00. The van der Waals surface area contributed by atoms with Crippen molar-refractivity contribution in [3.8, 4) is 0 Å². The van der Waals surface area contributed by atoms with Crippen molar-refractivity contribution in [3.63, 3.8) is 0 Å². The third-order valence-corrected chi connectivity index (χ3v) is 2.77. The first-order valence-electron chi connectivity index (χ1n) is 6.17. The molecule has 0 spiro atoms. The van der Waals surface area contributed by atoms with Crippen LogP contribution in [0.5, 0.6) is 0 Å². The Morgan fingerprint density at radius 3 is 2.47 bits per heavy atom. The molecule has 0 saturated carbocycles. The summed E-state index contributed by atoms with van der Waals surface area (Å²) in [5.41, 5.74) is 0. The molecule has 0 aromatic heterocycles. The van der Waals surface area contributed by atoms with E-state index >= 15 is 0 Å². The molecule has 1 aliphatic rings. The van der Waals surface area contributed by atoms with Crippen molar-refractivity contribution in [1.82, 2.24) is 4.90 Å². The van der Waals surface area contributed by atoms with Crippen LogP contribution in [0.3, 0.4) is 0 Å². The van der Waals surface area contributed by atoms with Gasteiger partial charge in [0.15, 0.2) is 0 Å². The van der Waals surface area contributed by atoms with Crippen molar-refractivity contribution in [2.75, 3.05) is 19.7 Å². The van der Waals surface area contributed by atoms with Crippen LogP contribution in [0.15, 0.2) is 0 Å². The summed E-state index contributed by atoms with van der Waals surface area (Å²) in [6.07, 6.45) is 5.01. The number of hydrogen-bond donors (Lipinski definition) is 0. The molecular formula is C12H23NO2. The number of carbonyl (C=O) groups is 1. The van der Waals surface area contributed by atoms with E-state index in [1.165, 1.54) is 0 Å². The molecule has 0 aromatic carbocycles. The maximum atomic E-state index is 11.9. The van der Waals surface area contributed by atoms with E-state index in [4.69, 9.17) is 4.74 Å². The Morgan fingerprint density at radius 1 is 1.33 bits per heavy atom. The number of ether oxygens (including phenoxy) is 1. The van der Waals surface area contributed by atoms with Gasteiger partial charge in [-0.1, -0.05) is 13.8 Å². The summed E-state index contributed by atoms with van der Waals surface area (Å²) in [4.78, 5) is 13.9. The molecule has 15 heavy (non-hydrogen) atoms. The van der Waals surface area contributed by atoms with Crippen LogP contribution in [0.4, 0.5) is 0 Å². The zero-order valence-electron chi connectivity index (χ0n) is 10.00. The van der Waals surface area contributed by atoms with E-state index < -0.39 is 0 Å². The van der Waals surface area contributed by atoms with Gasteiger partial charge in [0.25, 0.3) is 0 Å². The highest BCUT2D eigenvalue weighted by Gasteiger charge is 2.21.